The Morgan fingerprint density at radius 3 is 2.31 bits per heavy atom. The normalized spacial score (nSPS) is 13.4. The molecule has 1 amide bonds. The second-order valence-corrected chi connectivity index (χ2v) is 6.68. The molecule has 9 heteroatoms. The van der Waals surface area contributed by atoms with Crippen LogP contribution in [0.3, 0.4) is 0 Å². The summed E-state index contributed by atoms with van der Waals surface area (Å²) in [7, 11) is 0. The van der Waals surface area contributed by atoms with Crippen LogP contribution in [-0.4, -0.2) is 73.6 Å². The molecule has 0 aromatic heterocycles. The van der Waals surface area contributed by atoms with Gasteiger partial charge < -0.3 is 25.2 Å². The van der Waals surface area contributed by atoms with Crippen LogP contribution in [0.4, 0.5) is 0 Å². The molecule has 26 heavy (non-hydrogen) atoms. The molecule has 0 aliphatic rings. The van der Waals surface area contributed by atoms with Gasteiger partial charge in [-0.1, -0.05) is 20.8 Å². The number of carboxylic acids is 1. The van der Waals surface area contributed by atoms with Gasteiger partial charge in [-0.2, -0.15) is 12.6 Å². The summed E-state index contributed by atoms with van der Waals surface area (Å²) in [4.78, 5) is 34.3. The van der Waals surface area contributed by atoms with Gasteiger partial charge in [-0.25, -0.2) is 0 Å². The zero-order valence-electron chi connectivity index (χ0n) is 15.8. The Bertz CT molecular complexity index is 433. The fraction of sp³-hybridized carbons (Fsp3) is 0.824. The molecule has 1 unspecified atom stereocenters. The standard InChI is InChI=1S/C17H32N2O6S/c1-12(2)19-14(17(22)23)4-5-16(21)18-6-7-24-8-9-25-10-15(20)13(3)11-26/h12-14,19,26H,4-11H2,1-3H3,(H,18,21)(H,22,23)/t13?,14-/m0/s1. The van der Waals surface area contributed by atoms with E-state index >= 15 is 0 Å². The number of ether oxygens (including phenoxy) is 2. The van der Waals surface area contributed by atoms with Crippen molar-refractivity contribution in [1.29, 1.82) is 0 Å². The minimum Gasteiger partial charge on any atom is -0.480 e. The molecule has 0 saturated heterocycles. The Hall–Kier alpha value is -1.16. The molecule has 152 valence electrons. The second kappa shape index (κ2) is 15.0. The summed E-state index contributed by atoms with van der Waals surface area (Å²) in [5, 5.41) is 14.7. The zero-order chi connectivity index (χ0) is 19.9. The van der Waals surface area contributed by atoms with Crippen molar-refractivity contribution >= 4 is 30.3 Å². The molecule has 0 spiro atoms. The summed E-state index contributed by atoms with van der Waals surface area (Å²) in [6.07, 6.45) is 0.359. The van der Waals surface area contributed by atoms with Crippen molar-refractivity contribution in [3.63, 3.8) is 0 Å². The first-order valence-corrected chi connectivity index (χ1v) is 9.45. The first-order chi connectivity index (χ1) is 12.3. The van der Waals surface area contributed by atoms with Crippen LogP contribution in [-0.2, 0) is 23.9 Å². The number of thiol groups is 1. The van der Waals surface area contributed by atoms with Crippen LogP contribution in [0.5, 0.6) is 0 Å². The lowest BCUT2D eigenvalue weighted by atomic mass is 10.1. The molecule has 0 rings (SSSR count). The van der Waals surface area contributed by atoms with E-state index in [1.165, 1.54) is 0 Å². The maximum absolute atomic E-state index is 11.7. The molecule has 0 fully saturated rings. The van der Waals surface area contributed by atoms with Gasteiger partial charge in [0.05, 0.1) is 19.8 Å². The van der Waals surface area contributed by atoms with Crippen molar-refractivity contribution < 1.29 is 29.0 Å². The number of hydrogen-bond donors (Lipinski definition) is 4. The predicted molar refractivity (Wildman–Crippen MR) is 102 cm³/mol. The highest BCUT2D eigenvalue weighted by atomic mass is 32.1. The SMILES string of the molecule is CC(C)N[C@@H](CCC(=O)NCCOCCOCC(=O)C(C)CS)C(=O)O. The van der Waals surface area contributed by atoms with Crippen LogP contribution >= 0.6 is 12.6 Å². The quantitative estimate of drug-likeness (QED) is 0.223. The highest BCUT2D eigenvalue weighted by Gasteiger charge is 2.19. The van der Waals surface area contributed by atoms with Crippen molar-refractivity contribution in [2.75, 3.05) is 38.7 Å². The zero-order valence-corrected chi connectivity index (χ0v) is 16.7. The first kappa shape index (κ1) is 24.8. The van der Waals surface area contributed by atoms with Crippen LogP contribution in [0.2, 0.25) is 0 Å². The topological polar surface area (TPSA) is 114 Å². The van der Waals surface area contributed by atoms with Crippen molar-refractivity contribution in [3.05, 3.63) is 0 Å². The molecule has 0 heterocycles. The van der Waals surface area contributed by atoms with E-state index in [9.17, 15) is 14.4 Å². The molecule has 0 aromatic carbocycles. The van der Waals surface area contributed by atoms with Gasteiger partial charge in [0.25, 0.3) is 0 Å². The maximum atomic E-state index is 11.7. The van der Waals surface area contributed by atoms with Gasteiger partial charge in [0.2, 0.25) is 5.91 Å². The van der Waals surface area contributed by atoms with E-state index in [1.807, 2.05) is 13.8 Å². The number of carbonyl (C=O) groups excluding carboxylic acids is 2. The lowest BCUT2D eigenvalue weighted by molar-refractivity contribution is -0.140. The maximum Gasteiger partial charge on any atom is 0.320 e. The third kappa shape index (κ3) is 13.1. The number of rotatable bonds is 16. The largest absolute Gasteiger partial charge is 0.480 e. The van der Waals surface area contributed by atoms with Crippen molar-refractivity contribution in [2.45, 2.75) is 45.7 Å². The van der Waals surface area contributed by atoms with Gasteiger partial charge in [-0.05, 0) is 12.2 Å². The Labute approximate surface area is 160 Å². The number of Topliss-reactive ketones (excluding diaryl/α,β-unsaturated/α-hetero) is 1. The third-order valence-corrected chi connectivity index (χ3v) is 4.05. The minimum absolute atomic E-state index is 0.0129. The van der Waals surface area contributed by atoms with Gasteiger partial charge in [0, 0.05) is 24.9 Å². The molecule has 0 aliphatic heterocycles. The molecular weight excluding hydrogens is 360 g/mol. The highest BCUT2D eigenvalue weighted by molar-refractivity contribution is 7.80. The predicted octanol–water partition coefficient (Wildman–Crippen LogP) is 0.502. The van der Waals surface area contributed by atoms with Gasteiger partial charge >= 0.3 is 5.97 Å². The monoisotopic (exact) mass is 392 g/mol. The highest BCUT2D eigenvalue weighted by Crippen LogP contribution is 2.00. The Kier molecular flexibility index (Phi) is 14.3. The Balaban J connectivity index is 3.65. The van der Waals surface area contributed by atoms with Crippen LogP contribution in [0, 0.1) is 5.92 Å². The van der Waals surface area contributed by atoms with Crippen molar-refractivity contribution in [3.8, 4) is 0 Å². The Morgan fingerprint density at radius 1 is 1.08 bits per heavy atom. The molecule has 0 bridgehead atoms. The van der Waals surface area contributed by atoms with Crippen LogP contribution in [0.15, 0.2) is 0 Å². The van der Waals surface area contributed by atoms with Gasteiger partial charge in [-0.3, -0.25) is 14.4 Å². The second-order valence-electron chi connectivity index (χ2n) is 6.32. The number of ketones is 1. The van der Waals surface area contributed by atoms with Crippen LogP contribution in [0.25, 0.3) is 0 Å². The van der Waals surface area contributed by atoms with Gasteiger partial charge in [0.1, 0.15) is 12.6 Å². The molecule has 0 saturated carbocycles. The summed E-state index contributed by atoms with van der Waals surface area (Å²) in [5.74, 6) is -0.783. The third-order valence-electron chi connectivity index (χ3n) is 3.50. The van der Waals surface area contributed by atoms with Gasteiger partial charge in [0.15, 0.2) is 5.78 Å². The fourth-order valence-electron chi connectivity index (χ4n) is 1.94. The average molecular weight is 393 g/mol. The number of nitrogens with one attached hydrogen (secondary N) is 2. The number of amides is 1. The smallest absolute Gasteiger partial charge is 0.320 e. The summed E-state index contributed by atoms with van der Waals surface area (Å²) in [5.41, 5.74) is 0. The number of aliphatic carboxylic acids is 1. The summed E-state index contributed by atoms with van der Waals surface area (Å²) in [6.45, 7) is 6.86. The summed E-state index contributed by atoms with van der Waals surface area (Å²) < 4.78 is 10.5. The number of hydrogen-bond acceptors (Lipinski definition) is 7. The van der Waals surface area contributed by atoms with E-state index < -0.39 is 12.0 Å². The minimum atomic E-state index is -0.961. The number of carboxylic acid groups (broad SMARTS) is 1. The van der Waals surface area contributed by atoms with Gasteiger partial charge in [-0.15, -0.1) is 0 Å². The lowest BCUT2D eigenvalue weighted by Gasteiger charge is -2.16. The lowest BCUT2D eigenvalue weighted by Crippen LogP contribution is -2.41. The number of carbonyl (C=O) groups is 3. The average Bonchev–Trinajstić information content (AvgIpc) is 2.59. The molecular formula is C17H32N2O6S. The molecule has 0 radical (unpaired) electrons. The molecule has 3 N–H and O–H groups in total. The molecule has 2 atom stereocenters. The van der Waals surface area contributed by atoms with Crippen molar-refractivity contribution in [1.82, 2.24) is 10.6 Å². The first-order valence-electron chi connectivity index (χ1n) is 8.82. The van der Waals surface area contributed by atoms with E-state index in [4.69, 9.17) is 14.6 Å². The fourth-order valence-corrected chi connectivity index (χ4v) is 2.15. The Morgan fingerprint density at radius 2 is 1.73 bits per heavy atom. The van der Waals surface area contributed by atoms with Crippen LogP contribution < -0.4 is 10.6 Å². The van der Waals surface area contributed by atoms with E-state index in [0.29, 0.717) is 32.1 Å². The van der Waals surface area contributed by atoms with E-state index in [0.717, 1.165) is 0 Å². The van der Waals surface area contributed by atoms with Crippen molar-refractivity contribution in [2.24, 2.45) is 5.92 Å². The van der Waals surface area contributed by atoms with E-state index in [2.05, 4.69) is 23.3 Å². The van der Waals surface area contributed by atoms with E-state index in [-0.39, 0.29) is 43.1 Å². The molecule has 0 aliphatic carbocycles. The summed E-state index contributed by atoms with van der Waals surface area (Å²) >= 11 is 4.06. The van der Waals surface area contributed by atoms with E-state index in [1.54, 1.807) is 6.92 Å². The summed E-state index contributed by atoms with van der Waals surface area (Å²) in [6, 6.07) is -0.701. The molecule has 8 nitrogen and oxygen atoms in total. The van der Waals surface area contributed by atoms with Crippen LogP contribution in [0.1, 0.15) is 33.6 Å². The molecule has 0 aromatic rings.